The number of hydrogen-bond donors (Lipinski definition) is 1. The molecular formula is C10H15ClN2S2. The zero-order valence-electron chi connectivity index (χ0n) is 8.75. The van der Waals surface area contributed by atoms with E-state index in [4.69, 9.17) is 11.6 Å². The molecule has 1 aliphatic rings. The summed E-state index contributed by atoms with van der Waals surface area (Å²) >= 11 is 9.34. The standard InChI is InChI=1S/C10H15ClN2S2/c1-14-10(4-2-3-5-10)7-12-9-13-8(11)6-15-9/h6H,2-5,7H2,1H3,(H,12,13). The monoisotopic (exact) mass is 262 g/mol. The molecular weight excluding hydrogens is 248 g/mol. The van der Waals surface area contributed by atoms with Crippen LogP contribution in [0.2, 0.25) is 5.15 Å². The van der Waals surface area contributed by atoms with E-state index < -0.39 is 0 Å². The molecule has 1 aliphatic carbocycles. The van der Waals surface area contributed by atoms with Gasteiger partial charge in [-0.1, -0.05) is 24.4 Å². The first-order chi connectivity index (χ1) is 7.24. The van der Waals surface area contributed by atoms with E-state index in [0.29, 0.717) is 9.90 Å². The number of rotatable bonds is 4. The average molecular weight is 263 g/mol. The molecule has 5 heteroatoms. The first kappa shape index (κ1) is 11.6. The van der Waals surface area contributed by atoms with Crippen molar-refractivity contribution < 1.29 is 0 Å². The van der Waals surface area contributed by atoms with Gasteiger partial charge in [0.2, 0.25) is 0 Å². The highest BCUT2D eigenvalue weighted by atomic mass is 35.5. The highest BCUT2D eigenvalue weighted by molar-refractivity contribution is 8.00. The van der Waals surface area contributed by atoms with E-state index in [1.54, 1.807) is 11.3 Å². The molecule has 1 saturated carbocycles. The quantitative estimate of drug-likeness (QED) is 0.891. The van der Waals surface area contributed by atoms with Gasteiger partial charge < -0.3 is 5.32 Å². The molecule has 0 amide bonds. The second-order valence-electron chi connectivity index (χ2n) is 3.92. The Labute approximate surface area is 104 Å². The second-order valence-corrected chi connectivity index (χ2v) is 6.44. The van der Waals surface area contributed by atoms with E-state index in [9.17, 15) is 0 Å². The van der Waals surface area contributed by atoms with Crippen molar-refractivity contribution in [2.24, 2.45) is 0 Å². The van der Waals surface area contributed by atoms with Crippen LogP contribution in [0.1, 0.15) is 25.7 Å². The third kappa shape index (κ3) is 2.80. The maximum Gasteiger partial charge on any atom is 0.184 e. The number of hydrogen-bond acceptors (Lipinski definition) is 4. The van der Waals surface area contributed by atoms with Gasteiger partial charge in [-0.15, -0.1) is 11.3 Å². The Hall–Kier alpha value is 0.0700. The Morgan fingerprint density at radius 3 is 2.87 bits per heavy atom. The molecule has 0 bridgehead atoms. The summed E-state index contributed by atoms with van der Waals surface area (Å²) in [4.78, 5) is 4.20. The number of thioether (sulfide) groups is 1. The molecule has 1 fully saturated rings. The van der Waals surface area contributed by atoms with Gasteiger partial charge in [0.1, 0.15) is 5.15 Å². The number of aromatic nitrogens is 1. The van der Waals surface area contributed by atoms with Gasteiger partial charge in [-0.25, -0.2) is 4.98 Å². The lowest BCUT2D eigenvalue weighted by Crippen LogP contribution is -2.29. The first-order valence-corrected chi connectivity index (χ1v) is 7.62. The van der Waals surface area contributed by atoms with Gasteiger partial charge in [-0.3, -0.25) is 0 Å². The fourth-order valence-corrected chi connectivity index (χ4v) is 3.79. The zero-order valence-corrected chi connectivity index (χ0v) is 11.1. The van der Waals surface area contributed by atoms with Crippen LogP contribution in [0.15, 0.2) is 5.38 Å². The highest BCUT2D eigenvalue weighted by Crippen LogP contribution is 2.40. The largest absolute Gasteiger partial charge is 0.360 e. The van der Waals surface area contributed by atoms with Crippen LogP contribution in [0.5, 0.6) is 0 Å². The molecule has 0 aliphatic heterocycles. The first-order valence-electron chi connectivity index (χ1n) is 5.14. The third-order valence-electron chi connectivity index (χ3n) is 2.99. The van der Waals surface area contributed by atoms with Crippen molar-refractivity contribution in [1.29, 1.82) is 0 Å². The second kappa shape index (κ2) is 4.93. The lowest BCUT2D eigenvalue weighted by atomic mass is 10.1. The fourth-order valence-electron chi connectivity index (χ4n) is 2.04. The summed E-state index contributed by atoms with van der Waals surface area (Å²) in [6, 6.07) is 0. The lowest BCUT2D eigenvalue weighted by Gasteiger charge is -2.26. The molecule has 1 aromatic rings. The Morgan fingerprint density at radius 2 is 2.33 bits per heavy atom. The molecule has 0 spiro atoms. The van der Waals surface area contributed by atoms with Gasteiger partial charge >= 0.3 is 0 Å². The maximum absolute atomic E-state index is 5.78. The van der Waals surface area contributed by atoms with Crippen LogP contribution in [-0.2, 0) is 0 Å². The number of halogens is 1. The van der Waals surface area contributed by atoms with Gasteiger partial charge in [0, 0.05) is 16.7 Å². The van der Waals surface area contributed by atoms with Crippen LogP contribution in [0.3, 0.4) is 0 Å². The van der Waals surface area contributed by atoms with Crippen molar-refractivity contribution in [3.63, 3.8) is 0 Å². The summed E-state index contributed by atoms with van der Waals surface area (Å²) in [5.41, 5.74) is 0. The average Bonchev–Trinajstić information content (AvgIpc) is 2.85. The van der Waals surface area contributed by atoms with Crippen molar-refractivity contribution in [3.05, 3.63) is 10.5 Å². The molecule has 0 atom stereocenters. The van der Waals surface area contributed by atoms with Crippen LogP contribution >= 0.6 is 34.7 Å². The molecule has 1 N–H and O–H groups in total. The molecule has 0 radical (unpaired) electrons. The third-order valence-corrected chi connectivity index (χ3v) is 5.53. The Morgan fingerprint density at radius 1 is 1.60 bits per heavy atom. The Balaban J connectivity index is 1.91. The minimum absolute atomic E-state index is 0.429. The lowest BCUT2D eigenvalue weighted by molar-refractivity contribution is 0.639. The zero-order chi connectivity index (χ0) is 10.7. The minimum atomic E-state index is 0.429. The minimum Gasteiger partial charge on any atom is -0.360 e. The highest BCUT2D eigenvalue weighted by Gasteiger charge is 2.32. The van der Waals surface area contributed by atoms with Crippen LogP contribution in [0.25, 0.3) is 0 Å². The summed E-state index contributed by atoms with van der Waals surface area (Å²) in [7, 11) is 0. The van der Waals surface area contributed by atoms with Gasteiger partial charge in [0.15, 0.2) is 5.13 Å². The molecule has 1 aromatic heterocycles. The van der Waals surface area contributed by atoms with Crippen LogP contribution in [0, 0.1) is 0 Å². The van der Waals surface area contributed by atoms with E-state index in [1.165, 1.54) is 25.7 Å². The number of thiazole rings is 1. The summed E-state index contributed by atoms with van der Waals surface area (Å²) in [5, 5.41) is 6.80. The van der Waals surface area contributed by atoms with Gasteiger partial charge in [-0.05, 0) is 19.1 Å². The fraction of sp³-hybridized carbons (Fsp3) is 0.700. The smallest absolute Gasteiger partial charge is 0.184 e. The molecule has 0 unspecified atom stereocenters. The summed E-state index contributed by atoms with van der Waals surface area (Å²) in [5.74, 6) is 0. The van der Waals surface area contributed by atoms with Gasteiger partial charge in [-0.2, -0.15) is 11.8 Å². The summed E-state index contributed by atoms with van der Waals surface area (Å²) < 4.78 is 0.429. The van der Waals surface area contributed by atoms with E-state index in [1.807, 2.05) is 17.1 Å². The molecule has 1 heterocycles. The van der Waals surface area contributed by atoms with Crippen molar-refractivity contribution in [2.45, 2.75) is 30.4 Å². The van der Waals surface area contributed by atoms with E-state index in [2.05, 4.69) is 16.6 Å². The van der Waals surface area contributed by atoms with Crippen LogP contribution < -0.4 is 5.32 Å². The van der Waals surface area contributed by atoms with Crippen LogP contribution in [-0.4, -0.2) is 22.5 Å². The Bertz CT molecular complexity index is 321. The Kier molecular flexibility index (Phi) is 3.80. The summed E-state index contributed by atoms with van der Waals surface area (Å²) in [6.07, 6.45) is 7.57. The molecule has 84 valence electrons. The number of nitrogens with one attached hydrogen (secondary N) is 1. The molecule has 0 saturated heterocycles. The molecule has 0 aromatic carbocycles. The molecule has 2 nitrogen and oxygen atoms in total. The topological polar surface area (TPSA) is 24.9 Å². The normalized spacial score (nSPS) is 19.3. The van der Waals surface area contributed by atoms with Crippen molar-refractivity contribution in [2.75, 3.05) is 18.1 Å². The molecule has 15 heavy (non-hydrogen) atoms. The van der Waals surface area contributed by atoms with Crippen molar-refractivity contribution in [3.8, 4) is 0 Å². The predicted molar refractivity (Wildman–Crippen MR) is 70.3 cm³/mol. The van der Waals surface area contributed by atoms with E-state index >= 15 is 0 Å². The van der Waals surface area contributed by atoms with Crippen LogP contribution in [0.4, 0.5) is 5.13 Å². The van der Waals surface area contributed by atoms with E-state index in [0.717, 1.165) is 11.7 Å². The van der Waals surface area contributed by atoms with Crippen molar-refractivity contribution in [1.82, 2.24) is 4.98 Å². The number of nitrogens with zero attached hydrogens (tertiary/aromatic N) is 1. The molecule has 2 rings (SSSR count). The maximum atomic E-state index is 5.78. The van der Waals surface area contributed by atoms with Gasteiger partial charge in [0.05, 0.1) is 0 Å². The SMILES string of the molecule is CSC1(CNc2nc(Cl)cs2)CCCC1. The van der Waals surface area contributed by atoms with Crippen molar-refractivity contribution >= 4 is 39.8 Å². The number of anilines is 1. The van der Waals surface area contributed by atoms with Gasteiger partial charge in [0.25, 0.3) is 0 Å². The van der Waals surface area contributed by atoms with E-state index in [-0.39, 0.29) is 0 Å². The predicted octanol–water partition coefficient (Wildman–Crippen LogP) is 3.88. The summed E-state index contributed by atoms with van der Waals surface area (Å²) in [6.45, 7) is 1.01.